The van der Waals surface area contributed by atoms with E-state index < -0.39 is 0 Å². The predicted molar refractivity (Wildman–Crippen MR) is 99.4 cm³/mol. The van der Waals surface area contributed by atoms with Gasteiger partial charge in [0.25, 0.3) is 0 Å². The van der Waals surface area contributed by atoms with Gasteiger partial charge >= 0.3 is 6.03 Å². The number of benzene rings is 1. The van der Waals surface area contributed by atoms with Crippen LogP contribution >= 0.6 is 0 Å². The Morgan fingerprint density at radius 2 is 2.15 bits per heavy atom. The summed E-state index contributed by atoms with van der Waals surface area (Å²) in [7, 11) is 0. The molecule has 0 aliphatic carbocycles. The van der Waals surface area contributed by atoms with Gasteiger partial charge in [-0.3, -0.25) is 4.90 Å². The maximum atomic E-state index is 12.8. The Balaban J connectivity index is 1.41. The highest BCUT2D eigenvalue weighted by Gasteiger charge is 2.30. The number of amides is 2. The number of hydrogen-bond donors (Lipinski definition) is 1. The lowest BCUT2D eigenvalue weighted by atomic mass is 10.2. The maximum absolute atomic E-state index is 12.8. The Labute approximate surface area is 153 Å². The number of aromatic nitrogens is 1. The van der Waals surface area contributed by atoms with E-state index in [0.29, 0.717) is 5.89 Å². The maximum Gasteiger partial charge on any atom is 0.322 e. The second-order valence-corrected chi connectivity index (χ2v) is 6.98. The number of carbonyl (C=O) groups is 1. The zero-order valence-corrected chi connectivity index (χ0v) is 15.2. The van der Waals surface area contributed by atoms with Gasteiger partial charge in [-0.25, -0.2) is 9.78 Å². The second-order valence-electron chi connectivity index (χ2n) is 6.98. The van der Waals surface area contributed by atoms with Gasteiger partial charge in [0.1, 0.15) is 5.52 Å². The molecular weight excluding hydrogens is 332 g/mol. The molecule has 0 radical (unpaired) electrons. The number of oxazole rings is 1. The molecule has 2 fully saturated rings. The van der Waals surface area contributed by atoms with Crippen LogP contribution in [0.25, 0.3) is 11.1 Å². The third kappa shape index (κ3) is 3.68. The number of ether oxygens (including phenoxy) is 1. The van der Waals surface area contributed by atoms with Crippen LogP contribution in [0.2, 0.25) is 0 Å². The number of hydrogen-bond acceptors (Lipinski definition) is 5. The molecule has 3 heterocycles. The minimum atomic E-state index is -0.0284. The van der Waals surface area contributed by atoms with Gasteiger partial charge in [-0.05, 0) is 31.0 Å². The summed E-state index contributed by atoms with van der Waals surface area (Å²) >= 11 is 0. The smallest absolute Gasteiger partial charge is 0.322 e. The zero-order chi connectivity index (χ0) is 17.9. The summed E-state index contributed by atoms with van der Waals surface area (Å²) in [5, 5.41) is 3.03. The first kappa shape index (κ1) is 17.3. The summed E-state index contributed by atoms with van der Waals surface area (Å²) in [6.07, 6.45) is 2.88. The average molecular weight is 358 g/mol. The number of likely N-dealkylation sites (tertiary alicyclic amines) is 1. The highest BCUT2D eigenvalue weighted by Crippen LogP contribution is 2.23. The van der Waals surface area contributed by atoms with Crippen LogP contribution in [0.1, 0.15) is 25.7 Å². The van der Waals surface area contributed by atoms with E-state index in [4.69, 9.17) is 9.15 Å². The van der Waals surface area contributed by atoms with Gasteiger partial charge in [0.05, 0.1) is 13.2 Å². The van der Waals surface area contributed by atoms with Crippen molar-refractivity contribution >= 4 is 22.8 Å². The summed E-state index contributed by atoms with van der Waals surface area (Å²) in [6, 6.07) is 5.86. The number of morpholine rings is 1. The largest absolute Gasteiger partial charge is 0.441 e. The Bertz CT molecular complexity index is 769. The van der Waals surface area contributed by atoms with E-state index in [-0.39, 0.29) is 12.1 Å². The van der Waals surface area contributed by atoms with Gasteiger partial charge in [-0.1, -0.05) is 6.92 Å². The van der Waals surface area contributed by atoms with Crippen LogP contribution in [-0.2, 0) is 11.2 Å². The average Bonchev–Trinajstić information content (AvgIpc) is 3.28. The lowest BCUT2D eigenvalue weighted by Crippen LogP contribution is -2.47. The molecular formula is C19H26N4O3. The summed E-state index contributed by atoms with van der Waals surface area (Å²) in [5.41, 5.74) is 2.30. The molecule has 2 saturated heterocycles. The molecule has 1 atom stereocenters. The fourth-order valence-corrected chi connectivity index (χ4v) is 3.77. The first-order chi connectivity index (χ1) is 12.7. The van der Waals surface area contributed by atoms with Crippen molar-refractivity contribution in [3.05, 3.63) is 24.1 Å². The number of fused-ring (bicyclic) bond motifs is 1. The highest BCUT2D eigenvalue weighted by molar-refractivity contribution is 5.92. The lowest BCUT2D eigenvalue weighted by Gasteiger charge is -2.32. The minimum absolute atomic E-state index is 0.0284. The minimum Gasteiger partial charge on any atom is -0.441 e. The van der Waals surface area contributed by atoms with E-state index in [0.717, 1.165) is 75.4 Å². The fraction of sp³-hybridized carbons (Fsp3) is 0.579. The van der Waals surface area contributed by atoms with Crippen LogP contribution in [0, 0.1) is 0 Å². The molecule has 4 rings (SSSR count). The number of urea groups is 1. The van der Waals surface area contributed by atoms with Crippen LogP contribution in [0.15, 0.2) is 22.6 Å². The van der Waals surface area contributed by atoms with Gasteiger partial charge in [-0.15, -0.1) is 0 Å². The third-order valence-electron chi connectivity index (χ3n) is 5.20. The topological polar surface area (TPSA) is 70.8 Å². The number of carbonyl (C=O) groups excluding carboxylic acids is 1. The Kier molecular flexibility index (Phi) is 5.08. The molecule has 0 spiro atoms. The monoisotopic (exact) mass is 358 g/mol. The standard InChI is InChI=1S/C19H26N4O3/c1-2-18-21-16-12-14(5-6-17(16)26-18)20-19(24)23-7-3-4-15(23)13-22-8-10-25-11-9-22/h5-6,12,15H,2-4,7-11,13H2,1H3,(H,20,24). The van der Waals surface area contributed by atoms with Crippen LogP contribution in [0.4, 0.5) is 10.5 Å². The summed E-state index contributed by atoms with van der Waals surface area (Å²) in [4.78, 5) is 21.6. The van der Waals surface area contributed by atoms with Crippen molar-refractivity contribution < 1.29 is 13.9 Å². The van der Waals surface area contributed by atoms with Crippen molar-refractivity contribution in [2.75, 3.05) is 44.7 Å². The van der Waals surface area contributed by atoms with E-state index in [1.165, 1.54) is 0 Å². The van der Waals surface area contributed by atoms with E-state index in [9.17, 15) is 4.79 Å². The molecule has 26 heavy (non-hydrogen) atoms. The molecule has 2 amide bonds. The summed E-state index contributed by atoms with van der Waals surface area (Å²) < 4.78 is 11.0. The number of anilines is 1. The molecule has 2 aliphatic rings. The Morgan fingerprint density at radius 3 is 2.96 bits per heavy atom. The Morgan fingerprint density at radius 1 is 1.31 bits per heavy atom. The molecule has 1 N–H and O–H groups in total. The SMILES string of the molecule is CCc1nc2cc(NC(=O)N3CCCC3CN3CCOCC3)ccc2o1. The van der Waals surface area contributed by atoms with E-state index >= 15 is 0 Å². The van der Waals surface area contributed by atoms with Crippen LogP contribution in [0.5, 0.6) is 0 Å². The fourth-order valence-electron chi connectivity index (χ4n) is 3.77. The highest BCUT2D eigenvalue weighted by atomic mass is 16.5. The molecule has 0 bridgehead atoms. The number of nitrogens with one attached hydrogen (secondary N) is 1. The van der Waals surface area contributed by atoms with Crippen LogP contribution < -0.4 is 5.32 Å². The quantitative estimate of drug-likeness (QED) is 0.910. The van der Waals surface area contributed by atoms with E-state index in [1.54, 1.807) is 0 Å². The summed E-state index contributed by atoms with van der Waals surface area (Å²) in [6.45, 7) is 7.23. The number of nitrogens with zero attached hydrogens (tertiary/aromatic N) is 3. The van der Waals surface area contributed by atoms with Crippen molar-refractivity contribution in [1.82, 2.24) is 14.8 Å². The van der Waals surface area contributed by atoms with Crippen molar-refractivity contribution in [1.29, 1.82) is 0 Å². The summed E-state index contributed by atoms with van der Waals surface area (Å²) in [5.74, 6) is 0.716. The van der Waals surface area contributed by atoms with Crippen molar-refractivity contribution in [3.63, 3.8) is 0 Å². The molecule has 2 aromatic rings. The third-order valence-corrected chi connectivity index (χ3v) is 5.20. The molecule has 0 saturated carbocycles. The van der Waals surface area contributed by atoms with Gasteiger partial charge < -0.3 is 19.4 Å². The normalized spacial score (nSPS) is 21.4. The van der Waals surface area contributed by atoms with Crippen molar-refractivity contribution in [2.24, 2.45) is 0 Å². The second kappa shape index (κ2) is 7.63. The van der Waals surface area contributed by atoms with Gasteiger partial charge in [0, 0.05) is 44.3 Å². The first-order valence-corrected chi connectivity index (χ1v) is 9.50. The Hall–Kier alpha value is -2.12. The van der Waals surface area contributed by atoms with E-state index in [2.05, 4.69) is 15.2 Å². The lowest BCUT2D eigenvalue weighted by molar-refractivity contribution is 0.0296. The molecule has 1 aromatic carbocycles. The van der Waals surface area contributed by atoms with E-state index in [1.807, 2.05) is 30.0 Å². The molecule has 2 aliphatic heterocycles. The first-order valence-electron chi connectivity index (χ1n) is 9.50. The molecule has 140 valence electrons. The molecule has 1 aromatic heterocycles. The van der Waals surface area contributed by atoms with Gasteiger partial charge in [-0.2, -0.15) is 0 Å². The molecule has 7 heteroatoms. The predicted octanol–water partition coefficient (Wildman–Crippen LogP) is 2.72. The molecule has 1 unspecified atom stereocenters. The number of aryl methyl sites for hydroxylation is 1. The van der Waals surface area contributed by atoms with Crippen molar-refractivity contribution in [3.8, 4) is 0 Å². The van der Waals surface area contributed by atoms with Crippen LogP contribution in [-0.4, -0.2) is 66.2 Å². The van der Waals surface area contributed by atoms with Crippen molar-refractivity contribution in [2.45, 2.75) is 32.2 Å². The number of rotatable bonds is 4. The van der Waals surface area contributed by atoms with Gasteiger partial charge in [0.2, 0.25) is 0 Å². The van der Waals surface area contributed by atoms with Gasteiger partial charge in [0.15, 0.2) is 11.5 Å². The van der Waals surface area contributed by atoms with Crippen LogP contribution in [0.3, 0.4) is 0 Å². The molecule has 7 nitrogen and oxygen atoms in total. The zero-order valence-electron chi connectivity index (χ0n) is 15.2.